The molecule has 1 aliphatic heterocycles. The van der Waals surface area contributed by atoms with Gasteiger partial charge >= 0.3 is 0 Å². The number of hydrogen-bond acceptors (Lipinski definition) is 5. The smallest absolute Gasteiger partial charge is 0.210 e. The van der Waals surface area contributed by atoms with Crippen LogP contribution in [-0.4, -0.2) is 47.0 Å². The third-order valence-corrected chi connectivity index (χ3v) is 5.43. The standard InChI is InChI=1S/C20H15Cl2N5O/c21-14-3-1-13(2-4-14)16-7-17-19(8-18(16)22)24-11-25-20(17)26-5-6-27(12-28)15(9-23)10-26/h1-4,7-8,11-12,15H,5-6,10H2/t15-/m1/s1. The largest absolute Gasteiger partial charge is 0.351 e. The van der Waals surface area contributed by atoms with E-state index in [4.69, 9.17) is 23.2 Å². The zero-order valence-electron chi connectivity index (χ0n) is 14.7. The number of fused-ring (bicyclic) bond motifs is 1. The van der Waals surface area contributed by atoms with Gasteiger partial charge in [0, 0.05) is 29.1 Å². The van der Waals surface area contributed by atoms with Crippen molar-refractivity contribution in [2.45, 2.75) is 6.04 Å². The van der Waals surface area contributed by atoms with Crippen LogP contribution in [0.15, 0.2) is 42.7 Å². The molecule has 4 rings (SSSR count). The number of anilines is 1. The molecule has 0 unspecified atom stereocenters. The summed E-state index contributed by atoms with van der Waals surface area (Å²) in [5.41, 5.74) is 2.51. The van der Waals surface area contributed by atoms with Gasteiger partial charge in [-0.15, -0.1) is 0 Å². The quantitative estimate of drug-likeness (QED) is 0.613. The summed E-state index contributed by atoms with van der Waals surface area (Å²) in [5.74, 6) is 0.725. The van der Waals surface area contributed by atoms with E-state index in [1.165, 1.54) is 11.2 Å². The number of carbonyl (C=O) groups is 1. The van der Waals surface area contributed by atoms with Crippen LogP contribution in [0.2, 0.25) is 10.0 Å². The van der Waals surface area contributed by atoms with Crippen LogP contribution >= 0.6 is 23.2 Å². The number of amides is 1. The number of piperazine rings is 1. The Morgan fingerprint density at radius 2 is 1.93 bits per heavy atom. The van der Waals surface area contributed by atoms with E-state index in [1.807, 2.05) is 41.3 Å². The third kappa shape index (κ3) is 3.35. The molecule has 1 aromatic heterocycles. The molecule has 0 radical (unpaired) electrons. The van der Waals surface area contributed by atoms with Gasteiger partial charge in [0.15, 0.2) is 0 Å². The van der Waals surface area contributed by atoms with Gasteiger partial charge < -0.3 is 9.80 Å². The molecule has 1 aliphatic rings. The maximum Gasteiger partial charge on any atom is 0.210 e. The van der Waals surface area contributed by atoms with Crippen LogP contribution in [0.4, 0.5) is 5.82 Å². The Kier molecular flexibility index (Phi) is 5.03. The van der Waals surface area contributed by atoms with E-state index in [9.17, 15) is 10.1 Å². The second-order valence-corrected chi connectivity index (χ2v) is 7.33. The van der Waals surface area contributed by atoms with Gasteiger partial charge in [0.1, 0.15) is 18.2 Å². The Morgan fingerprint density at radius 3 is 2.64 bits per heavy atom. The summed E-state index contributed by atoms with van der Waals surface area (Å²) in [4.78, 5) is 23.5. The summed E-state index contributed by atoms with van der Waals surface area (Å²) in [6.07, 6.45) is 2.21. The molecule has 3 aromatic rings. The van der Waals surface area contributed by atoms with Gasteiger partial charge in [-0.3, -0.25) is 4.79 Å². The second-order valence-electron chi connectivity index (χ2n) is 6.49. The minimum atomic E-state index is -0.515. The fourth-order valence-corrected chi connectivity index (χ4v) is 3.79. The van der Waals surface area contributed by atoms with Crippen molar-refractivity contribution in [3.8, 4) is 17.2 Å². The first-order valence-corrected chi connectivity index (χ1v) is 9.42. The fraction of sp³-hybridized carbons (Fsp3) is 0.200. The van der Waals surface area contributed by atoms with Gasteiger partial charge in [0.05, 0.1) is 23.2 Å². The molecule has 2 heterocycles. The third-order valence-electron chi connectivity index (χ3n) is 4.86. The van der Waals surface area contributed by atoms with Crippen molar-refractivity contribution in [2.75, 3.05) is 24.5 Å². The highest BCUT2D eigenvalue weighted by Gasteiger charge is 2.27. The molecule has 0 N–H and O–H groups in total. The lowest BCUT2D eigenvalue weighted by molar-refractivity contribution is -0.119. The number of nitrogens with zero attached hydrogens (tertiary/aromatic N) is 5. The van der Waals surface area contributed by atoms with E-state index in [1.54, 1.807) is 0 Å². The van der Waals surface area contributed by atoms with Crippen LogP contribution in [0.25, 0.3) is 22.0 Å². The molecule has 1 saturated heterocycles. The molecule has 1 amide bonds. The van der Waals surface area contributed by atoms with Crippen molar-refractivity contribution in [3.63, 3.8) is 0 Å². The van der Waals surface area contributed by atoms with E-state index < -0.39 is 6.04 Å². The zero-order valence-corrected chi connectivity index (χ0v) is 16.2. The summed E-state index contributed by atoms with van der Waals surface area (Å²) in [7, 11) is 0. The van der Waals surface area contributed by atoms with E-state index in [-0.39, 0.29) is 0 Å². The van der Waals surface area contributed by atoms with Crippen LogP contribution in [0.1, 0.15) is 0 Å². The first kappa shape index (κ1) is 18.5. The van der Waals surface area contributed by atoms with Crippen molar-refractivity contribution >= 4 is 46.3 Å². The maximum atomic E-state index is 11.2. The number of carbonyl (C=O) groups excluding carboxylic acids is 1. The molecular weight excluding hydrogens is 397 g/mol. The monoisotopic (exact) mass is 411 g/mol. The van der Waals surface area contributed by atoms with Gasteiger partial charge in [-0.05, 0) is 29.8 Å². The lowest BCUT2D eigenvalue weighted by Gasteiger charge is -2.37. The topological polar surface area (TPSA) is 73.1 Å². The number of nitriles is 1. The number of aromatic nitrogens is 2. The van der Waals surface area contributed by atoms with Gasteiger partial charge in [-0.2, -0.15) is 5.26 Å². The molecule has 0 saturated carbocycles. The lowest BCUT2D eigenvalue weighted by Crippen LogP contribution is -2.52. The van der Waals surface area contributed by atoms with Crippen molar-refractivity contribution in [1.82, 2.24) is 14.9 Å². The van der Waals surface area contributed by atoms with Gasteiger partial charge in [0.25, 0.3) is 0 Å². The average Bonchev–Trinajstić information content (AvgIpc) is 2.73. The molecular formula is C20H15Cl2N5O. The van der Waals surface area contributed by atoms with Crippen molar-refractivity contribution in [3.05, 3.63) is 52.8 Å². The summed E-state index contributed by atoms with van der Waals surface area (Å²) in [6.45, 7) is 1.44. The molecule has 6 nitrogen and oxygen atoms in total. The minimum absolute atomic E-state index is 0.389. The summed E-state index contributed by atoms with van der Waals surface area (Å²) in [5, 5.41) is 11.5. The molecule has 140 valence electrons. The number of hydrogen-bond donors (Lipinski definition) is 0. The first-order chi connectivity index (χ1) is 13.6. The molecule has 0 spiro atoms. The highest BCUT2D eigenvalue weighted by molar-refractivity contribution is 6.34. The molecule has 1 atom stereocenters. The summed E-state index contributed by atoms with van der Waals surface area (Å²) in [6, 6.07) is 12.9. The van der Waals surface area contributed by atoms with Crippen LogP contribution in [-0.2, 0) is 4.79 Å². The normalized spacial score (nSPS) is 16.8. The maximum absolute atomic E-state index is 11.2. The van der Waals surface area contributed by atoms with Crippen LogP contribution in [0.5, 0.6) is 0 Å². The Bertz CT molecular complexity index is 1080. The predicted molar refractivity (Wildman–Crippen MR) is 109 cm³/mol. The number of halogens is 2. The molecule has 2 aromatic carbocycles. The lowest BCUT2D eigenvalue weighted by atomic mass is 10.0. The van der Waals surface area contributed by atoms with E-state index in [0.29, 0.717) is 29.7 Å². The van der Waals surface area contributed by atoms with Crippen LogP contribution in [0.3, 0.4) is 0 Å². The first-order valence-electron chi connectivity index (χ1n) is 8.66. The highest BCUT2D eigenvalue weighted by atomic mass is 35.5. The summed E-state index contributed by atoms with van der Waals surface area (Å²) < 4.78 is 0. The fourth-order valence-electron chi connectivity index (χ4n) is 3.40. The Labute approximate surface area is 171 Å². The van der Waals surface area contributed by atoms with E-state index >= 15 is 0 Å². The average molecular weight is 412 g/mol. The number of benzene rings is 2. The Balaban J connectivity index is 1.79. The van der Waals surface area contributed by atoms with Gasteiger partial charge in [-0.1, -0.05) is 35.3 Å². The van der Waals surface area contributed by atoms with Gasteiger partial charge in [0.2, 0.25) is 6.41 Å². The van der Waals surface area contributed by atoms with Crippen LogP contribution < -0.4 is 4.90 Å². The molecule has 8 heteroatoms. The number of rotatable bonds is 3. The molecule has 28 heavy (non-hydrogen) atoms. The van der Waals surface area contributed by atoms with Crippen LogP contribution in [0, 0.1) is 11.3 Å². The zero-order chi connectivity index (χ0) is 19.7. The molecule has 0 bridgehead atoms. The summed E-state index contributed by atoms with van der Waals surface area (Å²) >= 11 is 12.5. The SMILES string of the molecule is N#C[C@@H]1CN(c2ncnc3cc(Cl)c(-c4ccc(Cl)cc4)cc23)CCN1C=O. The highest BCUT2D eigenvalue weighted by Crippen LogP contribution is 2.35. The second kappa shape index (κ2) is 7.63. The van der Waals surface area contributed by atoms with Crippen molar-refractivity contribution in [2.24, 2.45) is 0 Å². The minimum Gasteiger partial charge on any atom is -0.351 e. The molecule has 1 fully saturated rings. The Hall–Kier alpha value is -2.88. The van der Waals surface area contributed by atoms with Crippen molar-refractivity contribution in [1.29, 1.82) is 5.26 Å². The predicted octanol–water partition coefficient (Wildman–Crippen LogP) is 3.77. The van der Waals surface area contributed by atoms with E-state index in [0.717, 1.165) is 34.3 Å². The Morgan fingerprint density at radius 1 is 1.14 bits per heavy atom. The van der Waals surface area contributed by atoms with Crippen molar-refractivity contribution < 1.29 is 4.79 Å². The van der Waals surface area contributed by atoms with Gasteiger partial charge in [-0.25, -0.2) is 9.97 Å². The van der Waals surface area contributed by atoms with E-state index in [2.05, 4.69) is 16.0 Å². The molecule has 0 aliphatic carbocycles.